The molecule has 0 aliphatic carbocycles. The molecule has 7 heteroatoms. The lowest BCUT2D eigenvalue weighted by molar-refractivity contribution is -0.410. The summed E-state index contributed by atoms with van der Waals surface area (Å²) in [5, 5.41) is 17.7. The van der Waals surface area contributed by atoms with Crippen LogP contribution in [-0.2, 0) is 4.79 Å². The van der Waals surface area contributed by atoms with Gasteiger partial charge in [0.05, 0.1) is 6.04 Å². The molecular formula is C5H12N3O3S+. The molecule has 7 N–H and O–H groups in total. The summed E-state index contributed by atoms with van der Waals surface area (Å²) >= 11 is 1.17. The normalized spacial score (nSPS) is 31.8. The number of hydrogen-bond donors (Lipinski definition) is 5. The van der Waals surface area contributed by atoms with Gasteiger partial charge in [-0.05, 0) is 0 Å². The number of aliphatic hydroxyl groups excluding tert-OH is 1. The van der Waals surface area contributed by atoms with E-state index in [1.807, 2.05) is 0 Å². The molecule has 0 aromatic rings. The number of aliphatic carboxylic acids is 1. The Morgan fingerprint density at radius 2 is 2.33 bits per heavy atom. The van der Waals surface area contributed by atoms with Gasteiger partial charge in [0.15, 0.2) is 6.04 Å². The van der Waals surface area contributed by atoms with Gasteiger partial charge in [-0.15, -0.1) is 0 Å². The van der Waals surface area contributed by atoms with E-state index in [-0.39, 0.29) is 6.04 Å². The van der Waals surface area contributed by atoms with Crippen molar-refractivity contribution in [2.45, 2.75) is 24.7 Å². The molecule has 6 nitrogen and oxygen atoms in total. The molecule has 0 aromatic carbocycles. The minimum atomic E-state index is -0.944. The zero-order chi connectivity index (χ0) is 9.14. The molecule has 0 spiro atoms. The van der Waals surface area contributed by atoms with Gasteiger partial charge in [0.2, 0.25) is 0 Å². The van der Waals surface area contributed by atoms with Gasteiger partial charge in [-0.3, -0.25) is 0 Å². The largest absolute Gasteiger partial charge is 0.477 e. The van der Waals surface area contributed by atoms with Gasteiger partial charge in [0, 0.05) is 18.6 Å². The van der Waals surface area contributed by atoms with E-state index in [2.05, 4.69) is 15.2 Å². The van der Waals surface area contributed by atoms with Crippen LogP contribution in [0.1, 0.15) is 6.42 Å². The predicted molar refractivity (Wildman–Crippen MR) is 42.6 cm³/mol. The van der Waals surface area contributed by atoms with Crippen LogP contribution >= 0.6 is 12.1 Å². The Hall–Kier alpha value is -0.340. The highest BCUT2D eigenvalue weighted by atomic mass is 32.2. The van der Waals surface area contributed by atoms with Crippen molar-refractivity contribution in [3.63, 3.8) is 0 Å². The van der Waals surface area contributed by atoms with Crippen molar-refractivity contribution in [2.75, 3.05) is 0 Å². The molecule has 0 saturated carbocycles. The first-order valence-corrected chi connectivity index (χ1v) is 4.33. The van der Waals surface area contributed by atoms with Gasteiger partial charge in [-0.2, -0.15) is 0 Å². The number of hydrogen-bond acceptors (Lipinski definition) is 5. The zero-order valence-electron chi connectivity index (χ0n) is 6.36. The van der Waals surface area contributed by atoms with Crippen LogP contribution in [0.2, 0.25) is 0 Å². The van der Waals surface area contributed by atoms with Crippen LogP contribution < -0.4 is 15.2 Å². The van der Waals surface area contributed by atoms with Crippen LogP contribution in [0.3, 0.4) is 0 Å². The molecule has 0 bridgehead atoms. The summed E-state index contributed by atoms with van der Waals surface area (Å²) in [6.45, 7) is 0. The quantitative estimate of drug-likeness (QED) is 0.318. The number of quaternary nitrogens is 1. The first-order valence-electron chi connectivity index (χ1n) is 3.52. The molecule has 1 heterocycles. The summed E-state index contributed by atoms with van der Waals surface area (Å²) < 4.78 is 5.50. The smallest absolute Gasteiger partial charge is 0.362 e. The number of carboxylic acid groups (broad SMARTS) is 1. The van der Waals surface area contributed by atoms with Crippen molar-refractivity contribution < 1.29 is 20.7 Å². The van der Waals surface area contributed by atoms with Crippen molar-refractivity contribution in [1.29, 1.82) is 0 Å². The summed E-state index contributed by atoms with van der Waals surface area (Å²) in [5.41, 5.74) is 3.45. The van der Waals surface area contributed by atoms with Crippen molar-refractivity contribution in [1.82, 2.24) is 9.44 Å². The SMILES string of the molecule is [NH3+][C@H](CC1NSNC1O)C(=O)O. The van der Waals surface area contributed by atoms with Crippen molar-refractivity contribution in [2.24, 2.45) is 0 Å². The fraction of sp³-hybridized carbons (Fsp3) is 0.800. The molecule has 3 atom stereocenters. The summed E-state index contributed by atoms with van der Waals surface area (Å²) in [7, 11) is 0. The molecule has 1 aliphatic heterocycles. The lowest BCUT2D eigenvalue weighted by Crippen LogP contribution is -2.66. The zero-order valence-corrected chi connectivity index (χ0v) is 7.17. The van der Waals surface area contributed by atoms with Gasteiger partial charge in [-0.1, -0.05) is 0 Å². The molecule has 0 amide bonds. The summed E-state index contributed by atoms with van der Waals surface area (Å²) in [5.74, 6) is -0.944. The maximum Gasteiger partial charge on any atom is 0.362 e. The van der Waals surface area contributed by atoms with Gasteiger partial charge in [-0.25, -0.2) is 14.2 Å². The lowest BCUT2D eigenvalue weighted by atomic mass is 10.1. The highest BCUT2D eigenvalue weighted by Gasteiger charge is 2.30. The molecule has 0 radical (unpaired) electrons. The summed E-state index contributed by atoms with van der Waals surface area (Å²) in [6, 6.07) is -0.925. The van der Waals surface area contributed by atoms with E-state index in [0.29, 0.717) is 6.42 Å². The second kappa shape index (κ2) is 4.06. The number of carboxylic acids is 1. The lowest BCUT2D eigenvalue weighted by Gasteiger charge is -2.12. The Morgan fingerprint density at radius 3 is 2.75 bits per heavy atom. The fourth-order valence-electron chi connectivity index (χ4n) is 0.901. The Morgan fingerprint density at radius 1 is 1.67 bits per heavy atom. The summed E-state index contributed by atoms with van der Waals surface area (Å²) in [6.07, 6.45) is -0.380. The minimum absolute atomic E-state index is 0.242. The highest BCUT2D eigenvalue weighted by molar-refractivity contribution is 7.95. The Kier molecular flexibility index (Phi) is 3.29. The Balaban J connectivity index is 2.35. The second-order valence-corrected chi connectivity index (χ2v) is 3.34. The first-order chi connectivity index (χ1) is 5.61. The van der Waals surface area contributed by atoms with Gasteiger partial charge < -0.3 is 15.9 Å². The van der Waals surface area contributed by atoms with Crippen LogP contribution in [0, 0.1) is 0 Å². The van der Waals surface area contributed by atoms with Crippen molar-refractivity contribution in [3.8, 4) is 0 Å². The minimum Gasteiger partial charge on any atom is -0.477 e. The van der Waals surface area contributed by atoms with E-state index >= 15 is 0 Å². The molecule has 1 saturated heterocycles. The van der Waals surface area contributed by atoms with E-state index in [4.69, 9.17) is 5.11 Å². The maximum atomic E-state index is 10.4. The predicted octanol–water partition coefficient (Wildman–Crippen LogP) is -2.49. The first kappa shape index (κ1) is 9.75. The third-order valence-corrected chi connectivity index (χ3v) is 2.44. The second-order valence-electron chi connectivity index (χ2n) is 2.66. The number of aliphatic hydroxyl groups is 1. The number of nitrogens with one attached hydrogen (secondary N) is 2. The van der Waals surface area contributed by atoms with Gasteiger partial charge in [0.25, 0.3) is 0 Å². The molecule has 1 fully saturated rings. The van der Waals surface area contributed by atoms with Crippen LogP contribution in [0.5, 0.6) is 0 Å². The average Bonchev–Trinajstić information content (AvgIpc) is 2.36. The molecule has 0 aromatic heterocycles. The molecule has 70 valence electrons. The molecule has 2 unspecified atom stereocenters. The maximum absolute atomic E-state index is 10.4. The molecule has 1 rings (SSSR count). The monoisotopic (exact) mass is 194 g/mol. The Bertz CT molecular complexity index is 179. The molecule has 1 aliphatic rings. The molecular weight excluding hydrogens is 182 g/mol. The summed E-state index contributed by atoms with van der Waals surface area (Å²) in [4.78, 5) is 10.4. The van der Waals surface area contributed by atoms with Crippen molar-refractivity contribution >= 4 is 18.1 Å². The molecule has 12 heavy (non-hydrogen) atoms. The average molecular weight is 194 g/mol. The van der Waals surface area contributed by atoms with Gasteiger partial charge >= 0.3 is 5.97 Å². The topological polar surface area (TPSA) is 109 Å². The number of rotatable bonds is 3. The van der Waals surface area contributed by atoms with Crippen LogP contribution in [-0.4, -0.2) is 34.5 Å². The van der Waals surface area contributed by atoms with E-state index in [1.54, 1.807) is 0 Å². The third kappa shape index (κ3) is 2.32. The number of carbonyl (C=O) groups is 1. The van der Waals surface area contributed by atoms with E-state index in [9.17, 15) is 9.90 Å². The van der Waals surface area contributed by atoms with E-state index in [1.165, 1.54) is 12.1 Å². The van der Waals surface area contributed by atoms with Crippen LogP contribution in [0.15, 0.2) is 0 Å². The van der Waals surface area contributed by atoms with Crippen LogP contribution in [0.25, 0.3) is 0 Å². The van der Waals surface area contributed by atoms with E-state index < -0.39 is 18.2 Å². The highest BCUT2D eigenvalue weighted by Crippen LogP contribution is 2.11. The van der Waals surface area contributed by atoms with E-state index in [0.717, 1.165) is 0 Å². The standard InChI is InChI=1S/C5H11N3O3S/c6-2(5(10)11)1-3-4(9)8-12-7-3/h2-4,7-9H,1,6H2,(H,10,11)/p+1/t2-,3?,4?/m1/s1. The van der Waals surface area contributed by atoms with Crippen LogP contribution in [0.4, 0.5) is 0 Å². The fourth-order valence-corrected chi connectivity index (χ4v) is 1.63. The van der Waals surface area contributed by atoms with Gasteiger partial charge in [0.1, 0.15) is 6.23 Å². The third-order valence-electron chi connectivity index (χ3n) is 1.66. The van der Waals surface area contributed by atoms with Crippen molar-refractivity contribution in [3.05, 3.63) is 0 Å². The Labute approximate surface area is 73.8 Å².